The molecular weight excluding hydrogens is 340 g/mol. The van der Waals surface area contributed by atoms with Crippen LogP contribution in [0.5, 0.6) is 5.75 Å². The van der Waals surface area contributed by atoms with Crippen LogP contribution in [0.15, 0.2) is 30.3 Å². The molecule has 1 saturated heterocycles. The molecule has 1 aromatic heterocycles. The zero-order chi connectivity index (χ0) is 19.4. The minimum absolute atomic E-state index is 0.000857. The third-order valence-electron chi connectivity index (χ3n) is 5.19. The van der Waals surface area contributed by atoms with Crippen LogP contribution in [0.4, 0.5) is 4.79 Å². The first-order valence-electron chi connectivity index (χ1n) is 9.59. The number of amides is 2. The molecule has 0 saturated carbocycles. The number of aromatic amines is 1. The first kappa shape index (κ1) is 19.3. The molecule has 2 amide bonds. The summed E-state index contributed by atoms with van der Waals surface area (Å²) < 4.78 is 5.48. The highest BCUT2D eigenvalue weighted by molar-refractivity contribution is 5.74. The van der Waals surface area contributed by atoms with E-state index in [1.807, 2.05) is 29.2 Å². The highest BCUT2D eigenvalue weighted by atomic mass is 16.5. The summed E-state index contributed by atoms with van der Waals surface area (Å²) in [6.07, 6.45) is 1.90. The minimum Gasteiger partial charge on any atom is -0.496 e. The Morgan fingerprint density at radius 3 is 2.63 bits per heavy atom. The van der Waals surface area contributed by atoms with Crippen LogP contribution in [0.2, 0.25) is 0 Å². The van der Waals surface area contributed by atoms with Crippen molar-refractivity contribution in [3.05, 3.63) is 47.3 Å². The molecule has 0 bridgehead atoms. The number of methoxy groups -OCH3 is 1. The van der Waals surface area contributed by atoms with Crippen LogP contribution in [0, 0.1) is 0 Å². The number of benzene rings is 1. The summed E-state index contributed by atoms with van der Waals surface area (Å²) in [4.78, 5) is 14.4. The molecule has 3 rings (SSSR count). The monoisotopic (exact) mass is 370 g/mol. The number of hydrogen-bond donors (Lipinski definition) is 2. The Morgan fingerprint density at radius 1 is 1.30 bits per heavy atom. The van der Waals surface area contributed by atoms with Gasteiger partial charge in [0, 0.05) is 18.5 Å². The average molecular weight is 370 g/mol. The summed E-state index contributed by atoms with van der Waals surface area (Å²) in [5.41, 5.74) is 3.17. The Balaban J connectivity index is 1.51. The molecule has 2 heterocycles. The number of aromatic nitrogens is 2. The number of ether oxygens (including phenoxy) is 1. The second-order valence-corrected chi connectivity index (χ2v) is 8.19. The van der Waals surface area contributed by atoms with Gasteiger partial charge in [0.15, 0.2) is 0 Å². The van der Waals surface area contributed by atoms with Gasteiger partial charge in [-0.3, -0.25) is 5.10 Å². The summed E-state index contributed by atoms with van der Waals surface area (Å²) >= 11 is 0. The number of piperidine rings is 1. The Bertz CT molecular complexity index is 770. The van der Waals surface area contributed by atoms with E-state index in [9.17, 15) is 4.79 Å². The molecule has 27 heavy (non-hydrogen) atoms. The average Bonchev–Trinajstić information content (AvgIpc) is 3.16. The number of carbonyl (C=O) groups excluding carboxylic acids is 1. The number of hydrogen-bond acceptors (Lipinski definition) is 3. The SMILES string of the molecule is COc1ccccc1C1CCN(C(=O)NCc2cc(C(C)(C)C)n[nH]2)CC1. The summed E-state index contributed by atoms with van der Waals surface area (Å²) in [5.74, 6) is 1.38. The number of likely N-dealkylation sites (tertiary alicyclic amines) is 1. The van der Waals surface area contributed by atoms with Gasteiger partial charge in [0.25, 0.3) is 0 Å². The van der Waals surface area contributed by atoms with Gasteiger partial charge in [0.2, 0.25) is 0 Å². The fourth-order valence-electron chi connectivity index (χ4n) is 3.52. The first-order valence-corrected chi connectivity index (χ1v) is 9.59. The Kier molecular flexibility index (Phi) is 5.73. The van der Waals surface area contributed by atoms with Crippen LogP contribution >= 0.6 is 0 Å². The smallest absolute Gasteiger partial charge is 0.317 e. The minimum atomic E-state index is -0.0135. The molecule has 0 spiro atoms. The molecular formula is C21H30N4O2. The van der Waals surface area contributed by atoms with E-state index in [1.165, 1.54) is 5.56 Å². The van der Waals surface area contributed by atoms with Gasteiger partial charge in [-0.1, -0.05) is 39.0 Å². The van der Waals surface area contributed by atoms with Crippen molar-refractivity contribution < 1.29 is 9.53 Å². The summed E-state index contributed by atoms with van der Waals surface area (Å²) in [5, 5.41) is 10.4. The van der Waals surface area contributed by atoms with Gasteiger partial charge in [-0.25, -0.2) is 4.79 Å². The molecule has 1 fully saturated rings. The predicted molar refractivity (Wildman–Crippen MR) is 106 cm³/mol. The normalized spacial score (nSPS) is 15.6. The standard InChI is InChI=1S/C21H30N4O2/c1-21(2,3)19-13-16(23-24-19)14-22-20(26)25-11-9-15(10-12-25)17-7-5-6-8-18(17)27-4/h5-8,13,15H,9-12,14H2,1-4H3,(H,22,26)(H,23,24). The number of rotatable bonds is 4. The molecule has 2 N–H and O–H groups in total. The molecule has 0 radical (unpaired) electrons. The number of nitrogens with one attached hydrogen (secondary N) is 2. The van der Waals surface area contributed by atoms with E-state index in [0.717, 1.165) is 43.1 Å². The van der Waals surface area contributed by atoms with Gasteiger partial charge < -0.3 is 15.0 Å². The first-order chi connectivity index (χ1) is 12.9. The molecule has 2 aromatic rings. The van der Waals surface area contributed by atoms with Gasteiger partial charge >= 0.3 is 6.03 Å². The van der Waals surface area contributed by atoms with Crippen molar-refractivity contribution in [3.8, 4) is 5.75 Å². The third-order valence-corrected chi connectivity index (χ3v) is 5.19. The van der Waals surface area contributed by atoms with Crippen LogP contribution in [-0.4, -0.2) is 41.3 Å². The molecule has 0 aliphatic carbocycles. The van der Waals surface area contributed by atoms with E-state index in [2.05, 4.69) is 42.4 Å². The second-order valence-electron chi connectivity index (χ2n) is 8.19. The Morgan fingerprint density at radius 2 is 2.00 bits per heavy atom. The summed E-state index contributed by atoms with van der Waals surface area (Å²) in [6.45, 7) is 8.34. The van der Waals surface area contributed by atoms with Crippen LogP contribution in [0.25, 0.3) is 0 Å². The maximum Gasteiger partial charge on any atom is 0.317 e. The number of urea groups is 1. The van der Waals surface area contributed by atoms with Gasteiger partial charge in [0.1, 0.15) is 5.75 Å². The lowest BCUT2D eigenvalue weighted by atomic mass is 9.89. The van der Waals surface area contributed by atoms with E-state index in [0.29, 0.717) is 12.5 Å². The largest absolute Gasteiger partial charge is 0.496 e. The molecule has 1 aromatic carbocycles. The summed E-state index contributed by atoms with van der Waals surface area (Å²) in [6, 6.07) is 10.2. The van der Waals surface area contributed by atoms with E-state index < -0.39 is 0 Å². The van der Waals surface area contributed by atoms with E-state index in [-0.39, 0.29) is 11.4 Å². The summed E-state index contributed by atoms with van der Waals surface area (Å²) in [7, 11) is 1.71. The third kappa shape index (κ3) is 4.62. The van der Waals surface area contributed by atoms with E-state index in [4.69, 9.17) is 4.74 Å². The van der Waals surface area contributed by atoms with Crippen molar-refractivity contribution in [1.82, 2.24) is 20.4 Å². The highest BCUT2D eigenvalue weighted by Crippen LogP contribution is 2.33. The molecule has 146 valence electrons. The number of para-hydroxylation sites is 1. The Hall–Kier alpha value is -2.50. The van der Waals surface area contributed by atoms with Gasteiger partial charge in [-0.2, -0.15) is 5.10 Å². The molecule has 1 aliphatic heterocycles. The predicted octanol–water partition coefficient (Wildman–Crippen LogP) is 3.81. The van der Waals surface area contributed by atoms with Crippen molar-refractivity contribution in [3.63, 3.8) is 0 Å². The second kappa shape index (κ2) is 8.03. The molecule has 6 heteroatoms. The van der Waals surface area contributed by atoms with Gasteiger partial charge in [-0.15, -0.1) is 0 Å². The number of nitrogens with zero attached hydrogens (tertiary/aromatic N) is 2. The fourth-order valence-corrected chi connectivity index (χ4v) is 3.52. The fraction of sp³-hybridized carbons (Fsp3) is 0.524. The van der Waals surface area contributed by atoms with Crippen molar-refractivity contribution in [2.24, 2.45) is 0 Å². The van der Waals surface area contributed by atoms with Crippen LogP contribution in [-0.2, 0) is 12.0 Å². The van der Waals surface area contributed by atoms with Crippen molar-refractivity contribution >= 4 is 6.03 Å². The van der Waals surface area contributed by atoms with Crippen LogP contribution < -0.4 is 10.1 Å². The maximum atomic E-state index is 12.5. The van der Waals surface area contributed by atoms with Crippen LogP contribution in [0.1, 0.15) is 56.5 Å². The quantitative estimate of drug-likeness (QED) is 0.860. The van der Waals surface area contributed by atoms with Gasteiger partial charge in [0.05, 0.1) is 25.0 Å². The van der Waals surface area contributed by atoms with E-state index >= 15 is 0 Å². The molecule has 0 atom stereocenters. The molecule has 1 aliphatic rings. The number of H-pyrrole nitrogens is 1. The zero-order valence-corrected chi connectivity index (χ0v) is 16.7. The van der Waals surface area contributed by atoms with Crippen molar-refractivity contribution in [2.45, 2.75) is 51.5 Å². The molecule has 6 nitrogen and oxygen atoms in total. The van der Waals surface area contributed by atoms with Gasteiger partial charge in [-0.05, 0) is 36.5 Å². The van der Waals surface area contributed by atoms with Crippen LogP contribution in [0.3, 0.4) is 0 Å². The highest BCUT2D eigenvalue weighted by Gasteiger charge is 2.25. The lowest BCUT2D eigenvalue weighted by molar-refractivity contribution is 0.180. The van der Waals surface area contributed by atoms with E-state index in [1.54, 1.807) is 7.11 Å². The topological polar surface area (TPSA) is 70.2 Å². The van der Waals surface area contributed by atoms with Crippen molar-refractivity contribution in [1.29, 1.82) is 0 Å². The van der Waals surface area contributed by atoms with Crippen molar-refractivity contribution in [2.75, 3.05) is 20.2 Å². The lowest BCUT2D eigenvalue weighted by Crippen LogP contribution is -2.43. The Labute approximate surface area is 161 Å². The zero-order valence-electron chi connectivity index (χ0n) is 16.7. The lowest BCUT2D eigenvalue weighted by Gasteiger charge is -2.32. The molecule has 0 unspecified atom stereocenters. The number of carbonyl (C=O) groups is 1. The maximum absolute atomic E-state index is 12.5.